The Balaban J connectivity index is 2.00. The number of amides is 1. The van der Waals surface area contributed by atoms with Gasteiger partial charge < -0.3 is 4.90 Å². The number of carbonyl (C=O) groups is 2. The summed E-state index contributed by atoms with van der Waals surface area (Å²) in [4.78, 5) is 25.7. The zero-order valence-electron chi connectivity index (χ0n) is 10.9. The van der Waals surface area contributed by atoms with Crippen molar-refractivity contribution in [1.82, 2.24) is 4.90 Å². The van der Waals surface area contributed by atoms with Crippen LogP contribution in [0, 0.1) is 11.8 Å². The first-order valence-corrected chi connectivity index (χ1v) is 6.89. The minimum Gasteiger partial charge on any atom is -0.339 e. The second kappa shape index (κ2) is 5.19. The standard InChI is InChI=1S/C14H23NO2/c1-10-5-3-7-13(10)14(17)15-8-4-6-12(15)9-11(2)16/h10,12-13H,3-9H2,1-2H3. The first kappa shape index (κ1) is 12.6. The Morgan fingerprint density at radius 1 is 1.18 bits per heavy atom. The van der Waals surface area contributed by atoms with Crippen molar-refractivity contribution in [3.63, 3.8) is 0 Å². The van der Waals surface area contributed by atoms with Gasteiger partial charge in [-0.15, -0.1) is 0 Å². The predicted octanol–water partition coefficient (Wildman–Crippen LogP) is 2.39. The Morgan fingerprint density at radius 2 is 1.94 bits per heavy atom. The third-order valence-electron chi connectivity index (χ3n) is 4.36. The van der Waals surface area contributed by atoms with Crippen molar-refractivity contribution < 1.29 is 9.59 Å². The molecular weight excluding hydrogens is 214 g/mol. The summed E-state index contributed by atoms with van der Waals surface area (Å²) in [5.41, 5.74) is 0. The van der Waals surface area contributed by atoms with Crippen molar-refractivity contribution in [2.24, 2.45) is 11.8 Å². The SMILES string of the molecule is CC(=O)CC1CCCN1C(=O)C1CCCC1C. The molecule has 0 aromatic heterocycles. The second-order valence-corrected chi connectivity index (χ2v) is 5.75. The lowest BCUT2D eigenvalue weighted by Gasteiger charge is -2.28. The van der Waals surface area contributed by atoms with E-state index in [1.807, 2.05) is 4.90 Å². The molecular formula is C14H23NO2. The minimum atomic E-state index is 0.188. The Bertz CT molecular complexity index is 313. The van der Waals surface area contributed by atoms with Crippen LogP contribution in [-0.4, -0.2) is 29.2 Å². The van der Waals surface area contributed by atoms with Gasteiger partial charge in [-0.3, -0.25) is 9.59 Å². The van der Waals surface area contributed by atoms with Crippen molar-refractivity contribution in [1.29, 1.82) is 0 Å². The molecule has 1 saturated carbocycles. The number of hydrogen-bond acceptors (Lipinski definition) is 2. The highest BCUT2D eigenvalue weighted by molar-refractivity contribution is 5.82. The first-order chi connectivity index (χ1) is 8.09. The fourth-order valence-electron chi connectivity index (χ4n) is 3.40. The molecule has 96 valence electrons. The molecule has 3 atom stereocenters. The number of hydrogen-bond donors (Lipinski definition) is 0. The van der Waals surface area contributed by atoms with Crippen molar-refractivity contribution in [3.05, 3.63) is 0 Å². The van der Waals surface area contributed by atoms with E-state index in [9.17, 15) is 9.59 Å². The number of carbonyl (C=O) groups excluding carboxylic acids is 2. The van der Waals surface area contributed by atoms with Gasteiger partial charge in [-0.25, -0.2) is 0 Å². The number of Topliss-reactive ketones (excluding diaryl/α,β-unsaturated/α-hetero) is 1. The third kappa shape index (κ3) is 2.70. The first-order valence-electron chi connectivity index (χ1n) is 6.89. The molecule has 3 nitrogen and oxygen atoms in total. The Morgan fingerprint density at radius 3 is 2.53 bits per heavy atom. The van der Waals surface area contributed by atoms with Crippen LogP contribution in [0.5, 0.6) is 0 Å². The summed E-state index contributed by atoms with van der Waals surface area (Å²) >= 11 is 0. The van der Waals surface area contributed by atoms with Gasteiger partial charge in [0, 0.05) is 24.9 Å². The quantitative estimate of drug-likeness (QED) is 0.756. The molecule has 1 amide bonds. The highest BCUT2D eigenvalue weighted by Gasteiger charge is 2.37. The van der Waals surface area contributed by atoms with E-state index in [1.165, 1.54) is 12.8 Å². The molecule has 1 aliphatic carbocycles. The molecule has 0 N–H and O–H groups in total. The lowest BCUT2D eigenvalue weighted by molar-refractivity contribution is -0.137. The summed E-state index contributed by atoms with van der Waals surface area (Å²) in [6.07, 6.45) is 6.03. The highest BCUT2D eigenvalue weighted by atomic mass is 16.2. The Kier molecular flexibility index (Phi) is 3.85. The zero-order valence-corrected chi connectivity index (χ0v) is 10.9. The summed E-state index contributed by atoms with van der Waals surface area (Å²) < 4.78 is 0. The molecule has 2 rings (SSSR count). The van der Waals surface area contributed by atoms with Crippen LogP contribution in [0.4, 0.5) is 0 Å². The van der Waals surface area contributed by atoms with Crippen molar-refractivity contribution >= 4 is 11.7 Å². The summed E-state index contributed by atoms with van der Waals surface area (Å²) in [5, 5.41) is 0. The molecule has 3 unspecified atom stereocenters. The maximum atomic E-state index is 12.5. The van der Waals surface area contributed by atoms with Gasteiger partial charge in [0.15, 0.2) is 0 Å². The largest absolute Gasteiger partial charge is 0.339 e. The van der Waals surface area contributed by atoms with Gasteiger partial charge in [0.1, 0.15) is 5.78 Å². The molecule has 0 radical (unpaired) electrons. The van der Waals surface area contributed by atoms with Gasteiger partial charge in [0.2, 0.25) is 5.91 Å². The molecule has 1 saturated heterocycles. The summed E-state index contributed by atoms with van der Waals surface area (Å²) in [5.74, 6) is 1.27. The van der Waals surface area contributed by atoms with E-state index in [0.29, 0.717) is 18.2 Å². The van der Waals surface area contributed by atoms with Gasteiger partial charge in [0.25, 0.3) is 0 Å². The van der Waals surface area contributed by atoms with Gasteiger partial charge in [0.05, 0.1) is 0 Å². The van der Waals surface area contributed by atoms with Crippen molar-refractivity contribution in [3.8, 4) is 0 Å². The van der Waals surface area contributed by atoms with Crippen LogP contribution in [0.15, 0.2) is 0 Å². The third-order valence-corrected chi connectivity index (χ3v) is 4.36. The molecule has 17 heavy (non-hydrogen) atoms. The molecule has 1 aliphatic heterocycles. The van der Waals surface area contributed by atoms with E-state index >= 15 is 0 Å². The Hall–Kier alpha value is -0.860. The van der Waals surface area contributed by atoms with E-state index in [1.54, 1.807) is 6.92 Å². The van der Waals surface area contributed by atoms with E-state index in [0.717, 1.165) is 25.8 Å². The molecule has 0 aromatic carbocycles. The van der Waals surface area contributed by atoms with Gasteiger partial charge in [-0.05, 0) is 38.5 Å². The van der Waals surface area contributed by atoms with Crippen molar-refractivity contribution in [2.45, 2.75) is 58.4 Å². The number of rotatable bonds is 3. The van der Waals surface area contributed by atoms with Crippen LogP contribution in [0.1, 0.15) is 52.4 Å². The summed E-state index contributed by atoms with van der Waals surface area (Å²) in [6.45, 7) is 4.67. The smallest absolute Gasteiger partial charge is 0.226 e. The topological polar surface area (TPSA) is 37.4 Å². The maximum Gasteiger partial charge on any atom is 0.226 e. The van der Waals surface area contributed by atoms with Crippen LogP contribution >= 0.6 is 0 Å². The normalized spacial score (nSPS) is 33.1. The second-order valence-electron chi connectivity index (χ2n) is 5.75. The summed E-state index contributed by atoms with van der Waals surface area (Å²) in [7, 11) is 0. The molecule has 0 bridgehead atoms. The fourth-order valence-corrected chi connectivity index (χ4v) is 3.40. The zero-order chi connectivity index (χ0) is 12.4. The molecule has 3 heteroatoms. The van der Waals surface area contributed by atoms with E-state index in [4.69, 9.17) is 0 Å². The maximum absolute atomic E-state index is 12.5. The predicted molar refractivity (Wildman–Crippen MR) is 66.5 cm³/mol. The van der Waals surface area contributed by atoms with Crippen molar-refractivity contribution in [2.75, 3.05) is 6.54 Å². The molecule has 0 aromatic rings. The number of nitrogens with zero attached hydrogens (tertiary/aromatic N) is 1. The van der Waals surface area contributed by atoms with Crippen LogP contribution in [0.2, 0.25) is 0 Å². The lowest BCUT2D eigenvalue weighted by atomic mass is 9.96. The Labute approximate surface area is 104 Å². The van der Waals surface area contributed by atoms with Gasteiger partial charge in [-0.2, -0.15) is 0 Å². The van der Waals surface area contributed by atoms with E-state index in [2.05, 4.69) is 6.92 Å². The monoisotopic (exact) mass is 237 g/mol. The number of ketones is 1. The summed E-state index contributed by atoms with van der Waals surface area (Å²) in [6, 6.07) is 0.188. The van der Waals surface area contributed by atoms with Crippen LogP contribution in [0.25, 0.3) is 0 Å². The van der Waals surface area contributed by atoms with Crippen LogP contribution in [0.3, 0.4) is 0 Å². The minimum absolute atomic E-state index is 0.188. The van der Waals surface area contributed by atoms with Crippen LogP contribution < -0.4 is 0 Å². The van der Waals surface area contributed by atoms with E-state index in [-0.39, 0.29) is 17.7 Å². The van der Waals surface area contributed by atoms with E-state index < -0.39 is 0 Å². The lowest BCUT2D eigenvalue weighted by Crippen LogP contribution is -2.41. The van der Waals surface area contributed by atoms with Gasteiger partial charge >= 0.3 is 0 Å². The fraction of sp³-hybridized carbons (Fsp3) is 0.857. The van der Waals surface area contributed by atoms with Crippen LogP contribution in [-0.2, 0) is 9.59 Å². The highest BCUT2D eigenvalue weighted by Crippen LogP contribution is 2.34. The molecule has 2 aliphatic rings. The number of likely N-dealkylation sites (tertiary alicyclic amines) is 1. The van der Waals surface area contributed by atoms with Gasteiger partial charge in [-0.1, -0.05) is 13.3 Å². The average molecular weight is 237 g/mol. The average Bonchev–Trinajstić information content (AvgIpc) is 2.85. The molecule has 1 heterocycles. The molecule has 2 fully saturated rings. The molecule has 0 spiro atoms.